The van der Waals surface area contributed by atoms with E-state index < -0.39 is 23.6 Å². The number of hydrogen-bond donors (Lipinski definition) is 2. The van der Waals surface area contributed by atoms with E-state index in [1.807, 2.05) is 6.07 Å². The highest BCUT2D eigenvalue weighted by molar-refractivity contribution is 6.49. The van der Waals surface area contributed by atoms with Crippen LogP contribution in [0.15, 0.2) is 65.3 Å². The lowest BCUT2D eigenvalue weighted by molar-refractivity contribution is -0.139. The molecule has 0 spiro atoms. The van der Waals surface area contributed by atoms with Crippen LogP contribution in [0.2, 0.25) is 0 Å². The molecule has 2 aromatic carbocycles. The van der Waals surface area contributed by atoms with E-state index in [1.54, 1.807) is 36.4 Å². The molecule has 0 fully saturated rings. The summed E-state index contributed by atoms with van der Waals surface area (Å²) in [6.45, 7) is 0. The van der Waals surface area contributed by atoms with Gasteiger partial charge in [0, 0.05) is 17.5 Å². The summed E-state index contributed by atoms with van der Waals surface area (Å²) in [7, 11) is 0. The van der Waals surface area contributed by atoms with Gasteiger partial charge in [0.2, 0.25) is 11.6 Å². The lowest BCUT2D eigenvalue weighted by Gasteiger charge is -2.22. The highest BCUT2D eigenvalue weighted by Crippen LogP contribution is 2.27. The minimum Gasteiger partial charge on any atom is -0.480 e. The number of fused-ring (bicyclic) bond motifs is 1. The molecular formula is C19H14ClNO4. The van der Waals surface area contributed by atoms with Gasteiger partial charge in [0.05, 0.1) is 0 Å². The summed E-state index contributed by atoms with van der Waals surface area (Å²) < 4.78 is 0. The average Bonchev–Trinajstić information content (AvgIpc) is 2.63. The van der Waals surface area contributed by atoms with E-state index in [1.165, 1.54) is 12.1 Å². The number of nitrogens with one attached hydrogen (secondary N) is 1. The minimum atomic E-state index is -1.14. The average molecular weight is 356 g/mol. The number of carbonyl (C=O) groups is 3. The van der Waals surface area contributed by atoms with E-state index in [2.05, 4.69) is 5.32 Å². The van der Waals surface area contributed by atoms with Gasteiger partial charge in [-0.1, -0.05) is 66.2 Å². The molecule has 2 aromatic rings. The van der Waals surface area contributed by atoms with E-state index in [0.29, 0.717) is 0 Å². The van der Waals surface area contributed by atoms with Gasteiger partial charge in [-0.25, -0.2) is 4.79 Å². The van der Waals surface area contributed by atoms with Crippen molar-refractivity contribution in [3.05, 3.63) is 82.0 Å². The number of benzene rings is 2. The molecule has 0 bridgehead atoms. The summed E-state index contributed by atoms with van der Waals surface area (Å²) in [5.41, 5.74) is 1.05. The molecule has 0 unspecified atom stereocenters. The Kier molecular flexibility index (Phi) is 4.67. The fraction of sp³-hybridized carbons (Fsp3) is 0.105. The summed E-state index contributed by atoms with van der Waals surface area (Å²) in [4.78, 5) is 36.6. The third-order valence-electron chi connectivity index (χ3n) is 3.96. The zero-order valence-electron chi connectivity index (χ0n) is 13.0. The van der Waals surface area contributed by atoms with Crippen molar-refractivity contribution in [2.24, 2.45) is 0 Å². The van der Waals surface area contributed by atoms with Gasteiger partial charge in [-0.3, -0.25) is 9.59 Å². The lowest BCUT2D eigenvalue weighted by atomic mass is 9.92. The van der Waals surface area contributed by atoms with Crippen LogP contribution in [0.1, 0.15) is 26.3 Å². The van der Waals surface area contributed by atoms with E-state index in [4.69, 9.17) is 11.6 Å². The Bertz CT molecular complexity index is 889. The van der Waals surface area contributed by atoms with Crippen molar-refractivity contribution < 1.29 is 19.5 Å². The molecule has 1 aliphatic rings. The molecule has 0 saturated heterocycles. The molecule has 6 heteroatoms. The molecule has 0 amide bonds. The normalized spacial score (nSPS) is 14.9. The molecule has 2 N–H and O–H groups in total. The monoisotopic (exact) mass is 355 g/mol. The highest BCUT2D eigenvalue weighted by atomic mass is 35.5. The van der Waals surface area contributed by atoms with E-state index >= 15 is 0 Å². The fourth-order valence-electron chi connectivity index (χ4n) is 2.70. The number of halogens is 1. The summed E-state index contributed by atoms with van der Waals surface area (Å²) in [5.74, 6) is -2.12. The van der Waals surface area contributed by atoms with Crippen LogP contribution in [-0.2, 0) is 11.2 Å². The van der Waals surface area contributed by atoms with E-state index in [9.17, 15) is 19.5 Å². The summed E-state index contributed by atoms with van der Waals surface area (Å²) in [6, 6.07) is 14.2. The second-order valence-electron chi connectivity index (χ2n) is 5.62. The van der Waals surface area contributed by atoms with Crippen molar-refractivity contribution in [3.8, 4) is 0 Å². The Morgan fingerprint density at radius 1 is 0.960 bits per heavy atom. The lowest BCUT2D eigenvalue weighted by Crippen LogP contribution is -2.42. The van der Waals surface area contributed by atoms with Crippen molar-refractivity contribution >= 4 is 29.1 Å². The van der Waals surface area contributed by atoms with Crippen LogP contribution >= 0.6 is 11.6 Å². The Morgan fingerprint density at radius 3 is 2.12 bits per heavy atom. The first-order valence-corrected chi connectivity index (χ1v) is 7.98. The zero-order chi connectivity index (χ0) is 18.0. The van der Waals surface area contributed by atoms with Crippen molar-refractivity contribution in [2.75, 3.05) is 0 Å². The van der Waals surface area contributed by atoms with Crippen LogP contribution in [0.4, 0.5) is 0 Å². The van der Waals surface area contributed by atoms with E-state index in [0.717, 1.165) is 5.56 Å². The van der Waals surface area contributed by atoms with Crippen LogP contribution < -0.4 is 5.32 Å². The molecule has 0 heterocycles. The predicted molar refractivity (Wildman–Crippen MR) is 92.7 cm³/mol. The maximum Gasteiger partial charge on any atom is 0.326 e. The predicted octanol–water partition coefficient (Wildman–Crippen LogP) is 2.80. The van der Waals surface area contributed by atoms with Crippen LogP contribution in [0, 0.1) is 0 Å². The van der Waals surface area contributed by atoms with Gasteiger partial charge in [0.25, 0.3) is 0 Å². The van der Waals surface area contributed by atoms with Gasteiger partial charge in [0.1, 0.15) is 16.8 Å². The summed E-state index contributed by atoms with van der Waals surface area (Å²) in [6.07, 6.45) is 0.146. The van der Waals surface area contributed by atoms with Gasteiger partial charge in [-0.05, 0) is 5.56 Å². The summed E-state index contributed by atoms with van der Waals surface area (Å²) >= 11 is 6.06. The number of carbonyl (C=O) groups excluding carboxylic acids is 2. The Balaban J connectivity index is 1.92. The van der Waals surface area contributed by atoms with E-state index in [-0.39, 0.29) is 28.3 Å². The molecular weight excluding hydrogens is 342 g/mol. The number of aliphatic carboxylic acids is 1. The number of allylic oxidation sites excluding steroid dienone is 2. The van der Waals surface area contributed by atoms with Crippen LogP contribution in [-0.4, -0.2) is 28.7 Å². The SMILES string of the molecule is O=C1C(Cl)=C(N[C@@H](Cc2ccccc2)C(=O)O)C(=O)c2ccccc21. The van der Waals surface area contributed by atoms with Gasteiger partial charge in [0.15, 0.2) is 0 Å². The first-order valence-electron chi connectivity index (χ1n) is 7.60. The first kappa shape index (κ1) is 16.9. The molecule has 3 rings (SSSR count). The molecule has 0 radical (unpaired) electrons. The van der Waals surface area contributed by atoms with Gasteiger partial charge in [-0.2, -0.15) is 0 Å². The van der Waals surface area contributed by atoms with Gasteiger partial charge < -0.3 is 10.4 Å². The number of hydrogen-bond acceptors (Lipinski definition) is 4. The fourth-order valence-corrected chi connectivity index (χ4v) is 2.94. The number of carboxylic acid groups (broad SMARTS) is 1. The molecule has 0 aliphatic heterocycles. The first-order chi connectivity index (χ1) is 12.0. The van der Waals surface area contributed by atoms with Crippen LogP contribution in [0.25, 0.3) is 0 Å². The molecule has 1 aliphatic carbocycles. The molecule has 5 nitrogen and oxygen atoms in total. The maximum absolute atomic E-state index is 12.6. The third-order valence-corrected chi connectivity index (χ3v) is 4.32. The Hall–Kier alpha value is -2.92. The second kappa shape index (κ2) is 6.91. The Labute approximate surface area is 148 Å². The van der Waals surface area contributed by atoms with Crippen LogP contribution in [0.5, 0.6) is 0 Å². The van der Waals surface area contributed by atoms with Gasteiger partial charge >= 0.3 is 5.97 Å². The molecule has 25 heavy (non-hydrogen) atoms. The minimum absolute atomic E-state index is 0.146. The number of carboxylic acids is 1. The molecule has 126 valence electrons. The third kappa shape index (κ3) is 3.32. The largest absolute Gasteiger partial charge is 0.480 e. The molecule has 0 saturated carbocycles. The standard InChI is InChI=1S/C19H14ClNO4/c20-15-16(18(23)13-9-5-4-8-12(13)17(15)22)21-14(19(24)25)10-11-6-2-1-3-7-11/h1-9,14,21H,10H2,(H,24,25)/t14-/m0/s1. The second-order valence-corrected chi connectivity index (χ2v) is 6.00. The Morgan fingerprint density at radius 2 is 1.52 bits per heavy atom. The van der Waals surface area contributed by atoms with Crippen LogP contribution in [0.3, 0.4) is 0 Å². The highest BCUT2D eigenvalue weighted by Gasteiger charge is 2.33. The summed E-state index contributed by atoms with van der Waals surface area (Å²) in [5, 5.41) is 11.8. The quantitative estimate of drug-likeness (QED) is 0.861. The topological polar surface area (TPSA) is 83.5 Å². The van der Waals surface area contributed by atoms with Gasteiger partial charge in [-0.15, -0.1) is 0 Å². The number of ketones is 2. The smallest absolute Gasteiger partial charge is 0.326 e. The van der Waals surface area contributed by atoms with Crippen molar-refractivity contribution in [1.82, 2.24) is 5.32 Å². The molecule has 0 aromatic heterocycles. The molecule has 1 atom stereocenters. The van der Waals surface area contributed by atoms with Crippen molar-refractivity contribution in [2.45, 2.75) is 12.5 Å². The number of rotatable bonds is 5. The van der Waals surface area contributed by atoms with Crippen molar-refractivity contribution in [3.63, 3.8) is 0 Å². The zero-order valence-corrected chi connectivity index (χ0v) is 13.8. The number of Topliss-reactive ketones (excluding diaryl/α,β-unsaturated/α-hetero) is 2. The van der Waals surface area contributed by atoms with Crippen molar-refractivity contribution in [1.29, 1.82) is 0 Å². The maximum atomic E-state index is 12.6.